The van der Waals surface area contributed by atoms with E-state index in [2.05, 4.69) is 106 Å². The van der Waals surface area contributed by atoms with Crippen LogP contribution in [0.1, 0.15) is 226 Å². The van der Waals surface area contributed by atoms with Crippen LogP contribution in [0.25, 0.3) is 0 Å². The summed E-state index contributed by atoms with van der Waals surface area (Å²) in [6.07, 6.45) is 62.8. The summed E-state index contributed by atoms with van der Waals surface area (Å²) >= 11 is 0. The highest BCUT2D eigenvalue weighted by Gasteiger charge is 2.19. The Labute approximate surface area is 375 Å². The van der Waals surface area contributed by atoms with Crippen molar-refractivity contribution in [3.8, 4) is 0 Å². The number of carbonyl (C=O) groups excluding carboxylic acids is 3. The van der Waals surface area contributed by atoms with Crippen LogP contribution in [0.4, 0.5) is 0 Å². The van der Waals surface area contributed by atoms with Crippen molar-refractivity contribution in [3.63, 3.8) is 0 Å². The smallest absolute Gasteiger partial charge is 0.306 e. The molecular weight excluding hydrogens is 757 g/mol. The van der Waals surface area contributed by atoms with E-state index in [-0.39, 0.29) is 31.1 Å². The zero-order valence-electron chi connectivity index (χ0n) is 39.7. The number of hydrogen-bond acceptors (Lipinski definition) is 6. The Morgan fingerprint density at radius 3 is 1.21 bits per heavy atom. The lowest BCUT2D eigenvalue weighted by Gasteiger charge is -2.18. The second-order valence-electron chi connectivity index (χ2n) is 16.4. The molecule has 0 aromatic carbocycles. The van der Waals surface area contributed by atoms with E-state index in [1.54, 1.807) is 0 Å². The van der Waals surface area contributed by atoms with Gasteiger partial charge in [-0.3, -0.25) is 14.4 Å². The first-order valence-electron chi connectivity index (χ1n) is 25.1. The Morgan fingerprint density at radius 2 is 0.721 bits per heavy atom. The van der Waals surface area contributed by atoms with E-state index in [0.29, 0.717) is 19.3 Å². The van der Waals surface area contributed by atoms with Gasteiger partial charge in [-0.05, 0) is 96.3 Å². The lowest BCUT2D eigenvalue weighted by molar-refractivity contribution is -0.167. The highest BCUT2D eigenvalue weighted by molar-refractivity contribution is 5.71. The number of ether oxygens (including phenoxy) is 3. The Bertz CT molecular complexity index is 1200. The van der Waals surface area contributed by atoms with E-state index in [1.165, 1.54) is 70.6 Å². The molecule has 0 saturated heterocycles. The van der Waals surface area contributed by atoms with E-state index in [1.807, 2.05) is 0 Å². The zero-order chi connectivity index (χ0) is 44.4. The van der Waals surface area contributed by atoms with Gasteiger partial charge in [0.2, 0.25) is 0 Å². The van der Waals surface area contributed by atoms with Crippen molar-refractivity contribution in [2.75, 3.05) is 13.2 Å². The maximum absolute atomic E-state index is 12.8. The fraction of sp³-hybridized carbons (Fsp3) is 0.691. The van der Waals surface area contributed by atoms with E-state index >= 15 is 0 Å². The van der Waals surface area contributed by atoms with Gasteiger partial charge in [0, 0.05) is 19.3 Å². The van der Waals surface area contributed by atoms with Gasteiger partial charge in [0.1, 0.15) is 13.2 Å². The molecule has 0 heterocycles. The van der Waals surface area contributed by atoms with Crippen molar-refractivity contribution in [2.24, 2.45) is 0 Å². The Hall–Kier alpha value is -3.41. The summed E-state index contributed by atoms with van der Waals surface area (Å²) in [7, 11) is 0. The molecule has 0 aliphatic carbocycles. The number of allylic oxidation sites excluding steroid dienone is 14. The Balaban J connectivity index is 4.46. The third-order valence-electron chi connectivity index (χ3n) is 10.4. The van der Waals surface area contributed by atoms with Crippen LogP contribution in [0, 0.1) is 0 Å². The fourth-order valence-corrected chi connectivity index (χ4v) is 6.69. The second-order valence-corrected chi connectivity index (χ2v) is 16.4. The van der Waals surface area contributed by atoms with Crippen LogP contribution >= 0.6 is 0 Å². The molecule has 0 aromatic rings. The Morgan fingerprint density at radius 1 is 0.361 bits per heavy atom. The first-order valence-corrected chi connectivity index (χ1v) is 25.1. The molecule has 1 atom stereocenters. The average Bonchev–Trinajstić information content (AvgIpc) is 3.26. The van der Waals surface area contributed by atoms with Crippen LogP contribution in [0.15, 0.2) is 85.1 Å². The lowest BCUT2D eigenvalue weighted by Crippen LogP contribution is -2.30. The summed E-state index contributed by atoms with van der Waals surface area (Å²) in [6, 6.07) is 0. The minimum atomic E-state index is -0.799. The van der Waals surface area contributed by atoms with Crippen molar-refractivity contribution in [2.45, 2.75) is 232 Å². The summed E-state index contributed by atoms with van der Waals surface area (Å²) < 4.78 is 16.7. The van der Waals surface area contributed by atoms with Crippen LogP contribution in [-0.2, 0) is 28.6 Å². The first kappa shape index (κ1) is 57.6. The van der Waals surface area contributed by atoms with Crippen molar-refractivity contribution in [3.05, 3.63) is 85.1 Å². The van der Waals surface area contributed by atoms with Crippen LogP contribution in [0.2, 0.25) is 0 Å². The number of carbonyl (C=O) groups is 3. The first-order chi connectivity index (χ1) is 30.0. The van der Waals surface area contributed by atoms with Gasteiger partial charge in [-0.2, -0.15) is 0 Å². The molecule has 0 amide bonds. The topological polar surface area (TPSA) is 78.9 Å². The predicted molar refractivity (Wildman–Crippen MR) is 261 cm³/mol. The maximum Gasteiger partial charge on any atom is 0.306 e. The van der Waals surface area contributed by atoms with Gasteiger partial charge in [-0.15, -0.1) is 0 Å². The van der Waals surface area contributed by atoms with Gasteiger partial charge < -0.3 is 14.2 Å². The molecule has 6 nitrogen and oxygen atoms in total. The molecule has 0 radical (unpaired) electrons. The summed E-state index contributed by atoms with van der Waals surface area (Å²) in [5, 5.41) is 0. The summed E-state index contributed by atoms with van der Waals surface area (Å²) in [5.74, 6) is -0.950. The van der Waals surface area contributed by atoms with Gasteiger partial charge in [-0.1, -0.05) is 196 Å². The van der Waals surface area contributed by atoms with Crippen molar-refractivity contribution in [1.82, 2.24) is 0 Å². The largest absolute Gasteiger partial charge is 0.462 e. The van der Waals surface area contributed by atoms with Crippen molar-refractivity contribution < 1.29 is 28.6 Å². The number of hydrogen-bond donors (Lipinski definition) is 0. The number of esters is 3. The molecule has 1 unspecified atom stereocenters. The number of rotatable bonds is 44. The van der Waals surface area contributed by atoms with Gasteiger partial charge >= 0.3 is 17.9 Å². The molecule has 0 fully saturated rings. The fourth-order valence-electron chi connectivity index (χ4n) is 6.69. The van der Waals surface area contributed by atoms with E-state index in [4.69, 9.17) is 14.2 Å². The SMILES string of the molecule is CC\C=C/C=C\C=C/CCCCCCCCCC(=O)OCC(COC(=O)CCCCC/C=C\CCCCCCCCC)OC(=O)CCCCCC/C=C\C/C=C\C/C=C\CC. The van der Waals surface area contributed by atoms with E-state index < -0.39 is 6.10 Å². The molecule has 0 aliphatic rings. The molecule has 0 aliphatic heterocycles. The van der Waals surface area contributed by atoms with Gasteiger partial charge in [0.15, 0.2) is 6.10 Å². The summed E-state index contributed by atoms with van der Waals surface area (Å²) in [5.41, 5.74) is 0. The standard InChI is InChI=1S/C55H92O6/c1-4-7-10-13-16-19-22-25-28-31-33-36-39-42-45-48-54(57)60-51-52(61-55(58)49-46-43-40-37-34-30-27-24-21-18-15-12-9-6-3)50-59-53(56)47-44-41-38-35-32-29-26-23-20-17-14-11-8-5-2/h7,9-10,12-13,16,18-19,21-22,27,29-30,32,52H,4-6,8,11,14-15,17,20,23-26,28,31,33-51H2,1-3H3/b10-7-,12-9-,16-13-,21-18-,22-19-,30-27-,32-29-. The predicted octanol–water partition coefficient (Wildman–Crippen LogP) is 16.4. The van der Waals surface area contributed by atoms with Crippen LogP contribution in [0.5, 0.6) is 0 Å². The monoisotopic (exact) mass is 849 g/mol. The van der Waals surface area contributed by atoms with Crippen LogP contribution < -0.4 is 0 Å². The minimum absolute atomic E-state index is 0.0975. The molecule has 0 bridgehead atoms. The molecule has 6 heteroatoms. The lowest BCUT2D eigenvalue weighted by atomic mass is 10.1. The highest BCUT2D eigenvalue weighted by Crippen LogP contribution is 2.13. The molecule has 0 spiro atoms. The summed E-state index contributed by atoms with van der Waals surface area (Å²) in [4.78, 5) is 37.9. The van der Waals surface area contributed by atoms with Crippen molar-refractivity contribution >= 4 is 17.9 Å². The third-order valence-corrected chi connectivity index (χ3v) is 10.4. The molecule has 0 rings (SSSR count). The van der Waals surface area contributed by atoms with E-state index in [9.17, 15) is 14.4 Å². The minimum Gasteiger partial charge on any atom is -0.462 e. The highest BCUT2D eigenvalue weighted by atomic mass is 16.6. The van der Waals surface area contributed by atoms with Gasteiger partial charge in [0.25, 0.3) is 0 Å². The molecule has 0 N–H and O–H groups in total. The van der Waals surface area contributed by atoms with Crippen molar-refractivity contribution in [1.29, 1.82) is 0 Å². The average molecular weight is 849 g/mol. The third kappa shape index (κ3) is 47.5. The molecule has 0 aromatic heterocycles. The number of unbranched alkanes of at least 4 members (excludes halogenated alkanes) is 21. The molecule has 61 heavy (non-hydrogen) atoms. The molecule has 0 saturated carbocycles. The maximum atomic E-state index is 12.8. The van der Waals surface area contributed by atoms with Gasteiger partial charge in [0.05, 0.1) is 0 Å². The van der Waals surface area contributed by atoms with E-state index in [0.717, 1.165) is 116 Å². The second kappa shape index (κ2) is 49.2. The Kier molecular flexibility index (Phi) is 46.5. The quantitative estimate of drug-likeness (QED) is 0.0200. The molecular formula is C55H92O6. The van der Waals surface area contributed by atoms with Crippen LogP contribution in [0.3, 0.4) is 0 Å². The summed E-state index contributed by atoms with van der Waals surface area (Å²) in [6.45, 7) is 6.34. The zero-order valence-corrected chi connectivity index (χ0v) is 39.7. The van der Waals surface area contributed by atoms with Gasteiger partial charge in [-0.25, -0.2) is 0 Å². The normalized spacial score (nSPS) is 12.8. The molecule has 348 valence electrons. The van der Waals surface area contributed by atoms with Crippen LogP contribution in [-0.4, -0.2) is 37.2 Å².